The van der Waals surface area contributed by atoms with Gasteiger partial charge in [-0.3, -0.25) is 9.40 Å². The summed E-state index contributed by atoms with van der Waals surface area (Å²) >= 11 is 0. The van der Waals surface area contributed by atoms with E-state index in [0.717, 1.165) is 18.2 Å². The lowest BCUT2D eigenvalue weighted by molar-refractivity contribution is -0.137. The quantitative estimate of drug-likeness (QED) is 0.731. The number of aromatic nitrogens is 4. The molecule has 7 nitrogen and oxygen atoms in total. The molecule has 1 N–H and O–H groups in total. The van der Waals surface area contributed by atoms with Gasteiger partial charge < -0.3 is 0 Å². The Morgan fingerprint density at radius 1 is 1.19 bits per heavy atom. The first-order valence-electron chi connectivity index (χ1n) is 7.75. The lowest BCUT2D eigenvalue weighted by Crippen LogP contribution is -2.17. The molecule has 0 saturated heterocycles. The van der Waals surface area contributed by atoms with Gasteiger partial charge in [0.25, 0.3) is 10.0 Å². The molecule has 0 unspecified atom stereocenters. The van der Waals surface area contributed by atoms with E-state index in [1.165, 1.54) is 28.7 Å². The highest BCUT2D eigenvalue weighted by Crippen LogP contribution is 2.34. The molecular weight excluding hydrogens is 383 g/mol. The van der Waals surface area contributed by atoms with Gasteiger partial charge in [-0.15, -0.1) is 0 Å². The molecule has 27 heavy (non-hydrogen) atoms. The molecule has 11 heteroatoms. The van der Waals surface area contributed by atoms with E-state index in [4.69, 9.17) is 0 Å². The Balaban J connectivity index is 2.14. The van der Waals surface area contributed by atoms with E-state index in [2.05, 4.69) is 14.9 Å². The van der Waals surface area contributed by atoms with Crippen LogP contribution in [0, 0.1) is 13.8 Å². The minimum atomic E-state index is -4.62. The van der Waals surface area contributed by atoms with E-state index in [9.17, 15) is 21.6 Å². The van der Waals surface area contributed by atoms with Crippen LogP contribution in [0.5, 0.6) is 0 Å². The SMILES string of the molecule is Cc1nn(C)c(C)c1S(=O)(=O)Nc1cc(C(F)(F)F)ccc1-n1cccn1. The van der Waals surface area contributed by atoms with Crippen LogP contribution in [0.3, 0.4) is 0 Å². The van der Waals surface area contributed by atoms with Crippen molar-refractivity contribution < 1.29 is 21.6 Å². The van der Waals surface area contributed by atoms with Gasteiger partial charge in [-0.05, 0) is 38.1 Å². The van der Waals surface area contributed by atoms with Crippen LogP contribution in [-0.2, 0) is 23.2 Å². The molecule has 0 fully saturated rings. The van der Waals surface area contributed by atoms with E-state index in [1.54, 1.807) is 20.0 Å². The van der Waals surface area contributed by atoms with Crippen LogP contribution in [0.4, 0.5) is 18.9 Å². The Morgan fingerprint density at radius 2 is 1.89 bits per heavy atom. The van der Waals surface area contributed by atoms with E-state index < -0.39 is 21.8 Å². The largest absolute Gasteiger partial charge is 0.416 e. The summed E-state index contributed by atoms with van der Waals surface area (Å²) in [6, 6.07) is 4.35. The summed E-state index contributed by atoms with van der Waals surface area (Å²) in [4.78, 5) is -0.0752. The maximum Gasteiger partial charge on any atom is 0.416 e. The van der Waals surface area contributed by atoms with Crippen molar-refractivity contribution in [2.75, 3.05) is 4.72 Å². The normalized spacial score (nSPS) is 12.4. The van der Waals surface area contributed by atoms with Gasteiger partial charge in [-0.1, -0.05) is 0 Å². The molecule has 0 spiro atoms. The number of rotatable bonds is 4. The van der Waals surface area contributed by atoms with E-state index in [-0.39, 0.29) is 22.0 Å². The molecule has 144 valence electrons. The van der Waals surface area contributed by atoms with Gasteiger partial charge in [0.05, 0.1) is 28.3 Å². The third kappa shape index (κ3) is 3.54. The van der Waals surface area contributed by atoms with Crippen molar-refractivity contribution in [2.24, 2.45) is 7.05 Å². The fraction of sp³-hybridized carbons (Fsp3) is 0.250. The molecule has 3 aromatic rings. The number of sulfonamides is 1. The van der Waals surface area contributed by atoms with Crippen LogP contribution in [0.25, 0.3) is 5.69 Å². The lowest BCUT2D eigenvalue weighted by Gasteiger charge is -2.16. The van der Waals surface area contributed by atoms with Crippen molar-refractivity contribution in [3.05, 3.63) is 53.6 Å². The summed E-state index contributed by atoms with van der Waals surface area (Å²) < 4.78 is 70.0. The summed E-state index contributed by atoms with van der Waals surface area (Å²) in [7, 11) is -2.59. The molecule has 2 aromatic heterocycles. The molecule has 0 saturated carbocycles. The standard InChI is InChI=1S/C16H16F3N5O2S/c1-10-15(11(2)23(3)21-10)27(25,26)22-13-9-12(16(17,18)19)5-6-14(13)24-8-4-7-20-24/h4-9,22H,1-3H3. The first-order chi connectivity index (χ1) is 12.5. The van der Waals surface area contributed by atoms with E-state index >= 15 is 0 Å². The highest BCUT2D eigenvalue weighted by molar-refractivity contribution is 7.92. The zero-order valence-corrected chi connectivity index (χ0v) is 15.4. The summed E-state index contributed by atoms with van der Waals surface area (Å²) in [5.74, 6) is 0. The predicted octanol–water partition coefficient (Wildman–Crippen LogP) is 3.04. The van der Waals surface area contributed by atoms with Crippen LogP contribution in [0.2, 0.25) is 0 Å². The first kappa shape index (κ1) is 19.0. The second-order valence-electron chi connectivity index (χ2n) is 5.91. The van der Waals surface area contributed by atoms with Gasteiger partial charge in [-0.25, -0.2) is 13.1 Å². The maximum atomic E-state index is 13.1. The molecule has 0 radical (unpaired) electrons. The summed E-state index contributed by atoms with van der Waals surface area (Å²) in [6.45, 7) is 3.08. The number of halogens is 3. The minimum absolute atomic E-state index is 0.0752. The zero-order chi connectivity index (χ0) is 20.0. The lowest BCUT2D eigenvalue weighted by atomic mass is 10.1. The van der Waals surface area contributed by atoms with Crippen molar-refractivity contribution in [3.63, 3.8) is 0 Å². The molecule has 0 bridgehead atoms. The van der Waals surface area contributed by atoms with Gasteiger partial charge in [0.15, 0.2) is 0 Å². The number of hydrogen-bond acceptors (Lipinski definition) is 4. The predicted molar refractivity (Wildman–Crippen MR) is 92.1 cm³/mol. The van der Waals surface area contributed by atoms with Gasteiger partial charge in [0, 0.05) is 19.4 Å². The van der Waals surface area contributed by atoms with Crippen LogP contribution in [0.1, 0.15) is 17.0 Å². The Labute approximate surface area is 153 Å². The fourth-order valence-electron chi connectivity index (χ4n) is 2.74. The second kappa shape index (κ2) is 6.41. The van der Waals surface area contributed by atoms with Gasteiger partial charge in [0.1, 0.15) is 4.90 Å². The molecule has 0 aliphatic heterocycles. The number of anilines is 1. The average molecular weight is 399 g/mol. The average Bonchev–Trinajstić information content (AvgIpc) is 3.15. The molecule has 0 aliphatic carbocycles. The second-order valence-corrected chi connectivity index (χ2v) is 7.53. The van der Waals surface area contributed by atoms with Crippen molar-refractivity contribution in [1.29, 1.82) is 0 Å². The van der Waals surface area contributed by atoms with Crippen molar-refractivity contribution in [2.45, 2.75) is 24.9 Å². The van der Waals surface area contributed by atoms with Crippen LogP contribution in [-0.4, -0.2) is 28.0 Å². The minimum Gasteiger partial charge on any atom is -0.277 e. The summed E-state index contributed by atoms with van der Waals surface area (Å²) in [5.41, 5.74) is -0.439. The molecule has 0 amide bonds. The van der Waals surface area contributed by atoms with Crippen molar-refractivity contribution in [1.82, 2.24) is 19.6 Å². The Kier molecular flexibility index (Phi) is 4.50. The maximum absolute atomic E-state index is 13.1. The molecule has 2 heterocycles. The van der Waals surface area contributed by atoms with Gasteiger partial charge in [-0.2, -0.15) is 23.4 Å². The van der Waals surface area contributed by atoms with E-state index in [0.29, 0.717) is 5.69 Å². The molecule has 0 atom stereocenters. The van der Waals surface area contributed by atoms with Gasteiger partial charge >= 0.3 is 6.18 Å². The molecule has 3 rings (SSSR count). The first-order valence-corrected chi connectivity index (χ1v) is 9.23. The smallest absolute Gasteiger partial charge is 0.277 e. The fourth-order valence-corrected chi connectivity index (χ4v) is 4.25. The Hall–Kier alpha value is -2.82. The number of aryl methyl sites for hydroxylation is 2. The highest BCUT2D eigenvalue weighted by Gasteiger charge is 2.32. The third-order valence-electron chi connectivity index (χ3n) is 4.03. The van der Waals surface area contributed by atoms with Crippen LogP contribution in [0.15, 0.2) is 41.6 Å². The third-order valence-corrected chi connectivity index (χ3v) is 5.65. The molecular formula is C16H16F3N5O2S. The Morgan fingerprint density at radius 3 is 2.41 bits per heavy atom. The summed E-state index contributed by atoms with van der Waals surface area (Å²) in [6.07, 6.45) is -1.69. The topological polar surface area (TPSA) is 81.8 Å². The Bertz CT molecular complexity index is 1090. The number of benzene rings is 1. The van der Waals surface area contributed by atoms with Crippen molar-refractivity contribution >= 4 is 15.7 Å². The highest BCUT2D eigenvalue weighted by atomic mass is 32.2. The number of hydrogen-bond donors (Lipinski definition) is 1. The zero-order valence-electron chi connectivity index (χ0n) is 14.6. The van der Waals surface area contributed by atoms with Crippen molar-refractivity contribution in [3.8, 4) is 5.69 Å². The summed E-state index contributed by atoms with van der Waals surface area (Å²) in [5, 5.41) is 8.01. The number of nitrogens with one attached hydrogen (secondary N) is 1. The van der Waals surface area contributed by atoms with E-state index in [1.807, 2.05) is 0 Å². The molecule has 0 aliphatic rings. The monoisotopic (exact) mass is 399 g/mol. The van der Waals surface area contributed by atoms with Crippen LogP contribution < -0.4 is 4.72 Å². The number of nitrogens with zero attached hydrogens (tertiary/aromatic N) is 4. The number of alkyl halides is 3. The van der Waals surface area contributed by atoms with Gasteiger partial charge in [0.2, 0.25) is 0 Å². The molecule has 1 aromatic carbocycles. The van der Waals surface area contributed by atoms with Crippen LogP contribution >= 0.6 is 0 Å².